The third-order valence-corrected chi connectivity index (χ3v) is 4.56. The minimum absolute atomic E-state index is 0.114. The second-order valence-electron chi connectivity index (χ2n) is 7.77. The Labute approximate surface area is 149 Å². The molecule has 1 unspecified atom stereocenters. The summed E-state index contributed by atoms with van der Waals surface area (Å²) < 4.78 is 5.36. The van der Waals surface area contributed by atoms with Gasteiger partial charge in [-0.2, -0.15) is 4.98 Å². The first-order valence-electron chi connectivity index (χ1n) is 8.92. The van der Waals surface area contributed by atoms with Gasteiger partial charge in [-0.1, -0.05) is 56.3 Å². The zero-order chi connectivity index (χ0) is 17.9. The molecule has 1 aliphatic heterocycles. The SMILES string of the molecule is CC(C)(C)c1nc(CN2CCN(CC(O)c3ccccc3)CC2)no1. The van der Waals surface area contributed by atoms with E-state index in [4.69, 9.17) is 4.52 Å². The molecule has 6 nitrogen and oxygen atoms in total. The fraction of sp³-hybridized carbons (Fsp3) is 0.579. The lowest BCUT2D eigenvalue weighted by atomic mass is 9.97. The lowest BCUT2D eigenvalue weighted by Crippen LogP contribution is -2.47. The van der Waals surface area contributed by atoms with Crippen LogP contribution in [0, 0.1) is 0 Å². The number of hydrogen-bond donors (Lipinski definition) is 1. The molecule has 1 atom stereocenters. The van der Waals surface area contributed by atoms with E-state index in [1.807, 2.05) is 30.3 Å². The number of aliphatic hydroxyl groups is 1. The van der Waals surface area contributed by atoms with E-state index in [9.17, 15) is 5.11 Å². The molecule has 1 aromatic heterocycles. The van der Waals surface area contributed by atoms with Crippen LogP contribution in [0.15, 0.2) is 34.9 Å². The van der Waals surface area contributed by atoms with Crippen molar-refractivity contribution in [2.24, 2.45) is 0 Å². The number of nitrogens with zero attached hydrogens (tertiary/aromatic N) is 4. The number of β-amino-alcohol motifs (C(OH)–C–C–N with tert-alkyl or cyclic N) is 1. The van der Waals surface area contributed by atoms with Crippen LogP contribution in [0.25, 0.3) is 0 Å². The summed E-state index contributed by atoms with van der Waals surface area (Å²) in [5.41, 5.74) is 0.865. The van der Waals surface area contributed by atoms with Gasteiger partial charge in [0.2, 0.25) is 5.89 Å². The van der Waals surface area contributed by atoms with Crippen LogP contribution in [0.5, 0.6) is 0 Å². The fourth-order valence-corrected chi connectivity index (χ4v) is 2.98. The first kappa shape index (κ1) is 18.0. The molecule has 136 valence electrons. The van der Waals surface area contributed by atoms with Gasteiger partial charge in [0.1, 0.15) is 0 Å². The smallest absolute Gasteiger partial charge is 0.232 e. The Kier molecular flexibility index (Phi) is 5.51. The van der Waals surface area contributed by atoms with Gasteiger partial charge in [0.15, 0.2) is 5.82 Å². The molecule has 3 rings (SSSR count). The molecule has 1 N–H and O–H groups in total. The summed E-state index contributed by atoms with van der Waals surface area (Å²) in [6, 6.07) is 9.85. The highest BCUT2D eigenvalue weighted by atomic mass is 16.5. The minimum Gasteiger partial charge on any atom is -0.387 e. The van der Waals surface area contributed by atoms with Gasteiger partial charge in [0.05, 0.1) is 12.6 Å². The lowest BCUT2D eigenvalue weighted by molar-refractivity contribution is 0.0690. The largest absolute Gasteiger partial charge is 0.387 e. The molecule has 0 spiro atoms. The standard InChI is InChI=1S/C19H28N4O2/c1-19(2,3)18-20-17(21-25-18)14-23-11-9-22(10-12-23)13-16(24)15-7-5-4-6-8-15/h4-8,16,24H,9-14H2,1-3H3. The van der Waals surface area contributed by atoms with Gasteiger partial charge >= 0.3 is 0 Å². The van der Waals surface area contributed by atoms with Gasteiger partial charge in [0.25, 0.3) is 0 Å². The highest BCUT2D eigenvalue weighted by Crippen LogP contribution is 2.20. The van der Waals surface area contributed by atoms with Crippen molar-refractivity contribution in [3.63, 3.8) is 0 Å². The van der Waals surface area contributed by atoms with Crippen molar-refractivity contribution >= 4 is 0 Å². The van der Waals surface area contributed by atoms with E-state index in [1.54, 1.807) is 0 Å². The number of hydrogen-bond acceptors (Lipinski definition) is 6. The molecule has 1 aromatic carbocycles. The van der Waals surface area contributed by atoms with Gasteiger partial charge in [0, 0.05) is 38.1 Å². The molecule has 0 bridgehead atoms. The molecule has 0 aliphatic carbocycles. The Hall–Kier alpha value is -1.76. The molecule has 2 heterocycles. The molecule has 1 fully saturated rings. The Morgan fingerprint density at radius 1 is 1.08 bits per heavy atom. The molecular weight excluding hydrogens is 316 g/mol. The van der Waals surface area contributed by atoms with Crippen LogP contribution in [0.2, 0.25) is 0 Å². The highest BCUT2D eigenvalue weighted by Gasteiger charge is 2.24. The Bertz CT molecular complexity index is 658. The van der Waals surface area contributed by atoms with Gasteiger partial charge in [-0.3, -0.25) is 9.80 Å². The van der Waals surface area contributed by atoms with E-state index >= 15 is 0 Å². The number of benzene rings is 1. The maximum absolute atomic E-state index is 10.4. The first-order chi connectivity index (χ1) is 11.9. The molecular formula is C19H28N4O2. The van der Waals surface area contributed by atoms with Gasteiger partial charge in [-0.25, -0.2) is 0 Å². The van der Waals surface area contributed by atoms with Crippen molar-refractivity contribution < 1.29 is 9.63 Å². The summed E-state index contributed by atoms with van der Waals surface area (Å²) in [6.07, 6.45) is -0.431. The van der Waals surface area contributed by atoms with E-state index in [-0.39, 0.29) is 5.41 Å². The number of aromatic nitrogens is 2. The van der Waals surface area contributed by atoms with Crippen molar-refractivity contribution in [2.45, 2.75) is 38.8 Å². The fourth-order valence-electron chi connectivity index (χ4n) is 2.98. The molecule has 0 amide bonds. The molecule has 1 aliphatic rings. The second kappa shape index (κ2) is 7.64. The Morgan fingerprint density at radius 3 is 2.32 bits per heavy atom. The minimum atomic E-state index is -0.431. The van der Waals surface area contributed by atoms with Crippen molar-refractivity contribution in [2.75, 3.05) is 32.7 Å². The number of piperazine rings is 1. The van der Waals surface area contributed by atoms with Gasteiger partial charge in [-0.05, 0) is 5.56 Å². The van der Waals surface area contributed by atoms with E-state index in [1.165, 1.54) is 0 Å². The van der Waals surface area contributed by atoms with Crippen LogP contribution in [-0.4, -0.2) is 57.8 Å². The van der Waals surface area contributed by atoms with Crippen molar-refractivity contribution in [3.05, 3.63) is 47.6 Å². The van der Waals surface area contributed by atoms with Crippen LogP contribution >= 0.6 is 0 Å². The van der Waals surface area contributed by atoms with Gasteiger partial charge in [-0.15, -0.1) is 0 Å². The van der Waals surface area contributed by atoms with Crippen molar-refractivity contribution in [1.29, 1.82) is 0 Å². The predicted octanol–water partition coefficient (Wildman–Crippen LogP) is 2.22. The van der Waals surface area contributed by atoms with E-state index < -0.39 is 6.10 Å². The Morgan fingerprint density at radius 2 is 1.72 bits per heavy atom. The zero-order valence-electron chi connectivity index (χ0n) is 15.4. The van der Waals surface area contributed by atoms with Crippen LogP contribution in [0.4, 0.5) is 0 Å². The highest BCUT2D eigenvalue weighted by molar-refractivity contribution is 5.17. The number of rotatable bonds is 5. The third kappa shape index (κ3) is 4.87. The van der Waals surface area contributed by atoms with E-state index in [0.29, 0.717) is 19.0 Å². The van der Waals surface area contributed by atoms with Crippen LogP contribution in [0.1, 0.15) is 44.2 Å². The first-order valence-corrected chi connectivity index (χ1v) is 8.92. The van der Waals surface area contributed by atoms with E-state index in [2.05, 4.69) is 40.7 Å². The van der Waals surface area contributed by atoms with Gasteiger partial charge < -0.3 is 9.63 Å². The predicted molar refractivity (Wildman–Crippen MR) is 96.1 cm³/mol. The normalized spacial score (nSPS) is 18.4. The number of aliphatic hydroxyl groups excluding tert-OH is 1. The van der Waals surface area contributed by atoms with Crippen LogP contribution in [-0.2, 0) is 12.0 Å². The molecule has 0 saturated carbocycles. The van der Waals surface area contributed by atoms with Crippen LogP contribution < -0.4 is 0 Å². The van der Waals surface area contributed by atoms with E-state index in [0.717, 1.165) is 37.6 Å². The summed E-state index contributed by atoms with van der Waals surface area (Å²) in [5, 5.41) is 14.5. The maximum Gasteiger partial charge on any atom is 0.232 e. The molecule has 25 heavy (non-hydrogen) atoms. The average Bonchev–Trinajstić information content (AvgIpc) is 3.06. The lowest BCUT2D eigenvalue weighted by Gasteiger charge is -2.35. The topological polar surface area (TPSA) is 65.6 Å². The quantitative estimate of drug-likeness (QED) is 0.897. The second-order valence-corrected chi connectivity index (χ2v) is 7.77. The summed E-state index contributed by atoms with van der Waals surface area (Å²) >= 11 is 0. The molecule has 2 aromatic rings. The monoisotopic (exact) mass is 344 g/mol. The summed E-state index contributed by atoms with van der Waals surface area (Å²) in [5.74, 6) is 1.44. The zero-order valence-corrected chi connectivity index (χ0v) is 15.4. The summed E-state index contributed by atoms with van der Waals surface area (Å²) in [4.78, 5) is 9.16. The molecule has 6 heteroatoms. The summed E-state index contributed by atoms with van der Waals surface area (Å²) in [6.45, 7) is 11.4. The molecule has 0 radical (unpaired) electrons. The summed E-state index contributed by atoms with van der Waals surface area (Å²) in [7, 11) is 0. The van der Waals surface area contributed by atoms with Crippen molar-refractivity contribution in [1.82, 2.24) is 19.9 Å². The maximum atomic E-state index is 10.4. The Balaban J connectivity index is 1.46. The average molecular weight is 344 g/mol. The van der Waals surface area contributed by atoms with Crippen LogP contribution in [0.3, 0.4) is 0 Å². The van der Waals surface area contributed by atoms with Crippen molar-refractivity contribution in [3.8, 4) is 0 Å². The third-order valence-electron chi connectivity index (χ3n) is 4.56. The molecule has 1 saturated heterocycles.